The smallest absolute Gasteiger partial charge is 0.409 e. The third-order valence-corrected chi connectivity index (χ3v) is 4.59. The predicted molar refractivity (Wildman–Crippen MR) is 119 cm³/mol. The van der Waals surface area contributed by atoms with Crippen LogP contribution in [-0.4, -0.2) is 35.7 Å². The van der Waals surface area contributed by atoms with E-state index in [4.69, 9.17) is 38.3 Å². The van der Waals surface area contributed by atoms with Crippen LogP contribution in [0.2, 0.25) is 5.02 Å². The molecule has 1 aliphatic rings. The van der Waals surface area contributed by atoms with Crippen molar-refractivity contribution in [2.75, 3.05) is 12.4 Å². The molecule has 1 aliphatic heterocycles. The monoisotopic (exact) mass is 431 g/mol. The van der Waals surface area contributed by atoms with E-state index in [0.717, 1.165) is 16.8 Å². The molecule has 0 fully saturated rings. The van der Waals surface area contributed by atoms with Crippen LogP contribution in [0.15, 0.2) is 47.5 Å². The fourth-order valence-corrected chi connectivity index (χ4v) is 3.12. The van der Waals surface area contributed by atoms with Gasteiger partial charge in [-0.05, 0) is 51.1 Å². The Morgan fingerprint density at radius 3 is 2.52 bits per heavy atom. The van der Waals surface area contributed by atoms with Gasteiger partial charge in [0.1, 0.15) is 16.3 Å². The van der Waals surface area contributed by atoms with E-state index in [1.54, 1.807) is 40.0 Å². The average molecular weight is 432 g/mol. The van der Waals surface area contributed by atoms with Crippen LogP contribution in [0.25, 0.3) is 0 Å². The number of ether oxygens (including phenoxy) is 2. The number of nitrogens with zero attached hydrogens (tertiary/aromatic N) is 1. The number of aliphatic imine (C=N–C) groups is 1. The summed E-state index contributed by atoms with van der Waals surface area (Å²) < 4.78 is 10.7. The minimum atomic E-state index is -0.802. The summed E-state index contributed by atoms with van der Waals surface area (Å²) >= 11 is 11.5. The number of methoxy groups -OCH3 is 1. The normalized spacial score (nSPS) is 16.1. The highest BCUT2D eigenvalue weighted by Crippen LogP contribution is 2.28. The zero-order chi connectivity index (χ0) is 21.2. The van der Waals surface area contributed by atoms with Crippen molar-refractivity contribution >= 4 is 46.3 Å². The first-order chi connectivity index (χ1) is 13.7. The maximum atomic E-state index is 12.3. The molecule has 0 aromatic heterocycles. The summed E-state index contributed by atoms with van der Waals surface area (Å²) in [6.45, 7) is 5.38. The third kappa shape index (κ3) is 5.25. The number of halogens is 1. The zero-order valence-electron chi connectivity index (χ0n) is 16.6. The minimum absolute atomic E-state index is 0.353. The Labute approximate surface area is 180 Å². The number of benzodiazepines with no additional fused rings is 1. The summed E-state index contributed by atoms with van der Waals surface area (Å²) in [4.78, 5) is 17.4. The molecular weight excluding hydrogens is 410 g/mol. The molecule has 0 bridgehead atoms. The van der Waals surface area contributed by atoms with Crippen LogP contribution in [0.1, 0.15) is 31.9 Å². The Morgan fingerprint density at radius 2 is 1.90 bits per heavy atom. The maximum Gasteiger partial charge on any atom is 0.409 e. The van der Waals surface area contributed by atoms with Crippen molar-refractivity contribution in [2.24, 2.45) is 4.99 Å². The van der Waals surface area contributed by atoms with Gasteiger partial charge >= 0.3 is 6.09 Å². The van der Waals surface area contributed by atoms with Crippen LogP contribution in [0.4, 0.5) is 10.5 Å². The summed E-state index contributed by atoms with van der Waals surface area (Å²) in [5, 5.41) is 6.51. The van der Waals surface area contributed by atoms with Gasteiger partial charge in [0, 0.05) is 21.8 Å². The van der Waals surface area contributed by atoms with Crippen LogP contribution in [0.5, 0.6) is 5.75 Å². The number of hydrogen-bond donors (Lipinski definition) is 2. The van der Waals surface area contributed by atoms with Crippen molar-refractivity contribution in [1.82, 2.24) is 5.32 Å². The highest BCUT2D eigenvalue weighted by atomic mass is 35.5. The Kier molecular flexibility index (Phi) is 6.10. The molecule has 1 amide bonds. The molecule has 29 heavy (non-hydrogen) atoms. The molecule has 0 radical (unpaired) electrons. The number of carbonyl (C=O) groups is 1. The van der Waals surface area contributed by atoms with E-state index < -0.39 is 17.9 Å². The SMILES string of the molecule is COc1ccc2c(c1)C(c1ccc(Cl)cc1)=NC(NC(=O)OC(C)(C)C)C(=S)N2. The number of hydrogen-bond acceptors (Lipinski definition) is 5. The van der Waals surface area contributed by atoms with Crippen LogP contribution in [0.3, 0.4) is 0 Å². The molecule has 1 unspecified atom stereocenters. The molecule has 0 spiro atoms. The summed E-state index contributed by atoms with van der Waals surface area (Å²) in [7, 11) is 1.60. The van der Waals surface area contributed by atoms with Gasteiger partial charge in [-0.3, -0.25) is 10.3 Å². The summed E-state index contributed by atoms with van der Waals surface area (Å²) in [6, 6.07) is 12.9. The number of amides is 1. The van der Waals surface area contributed by atoms with Crippen molar-refractivity contribution in [3.05, 3.63) is 58.6 Å². The van der Waals surface area contributed by atoms with Crippen molar-refractivity contribution in [2.45, 2.75) is 32.5 Å². The molecule has 0 saturated carbocycles. The Morgan fingerprint density at radius 1 is 1.21 bits per heavy atom. The standard InChI is InChI=1S/C21H22ClN3O3S/c1-21(2,3)28-20(26)25-18-19(29)23-16-10-9-14(27-4)11-15(16)17(24-18)12-5-7-13(22)8-6-12/h5-11,18H,1-4H3,(H,23,29)(H,25,26). The fraction of sp³-hybridized carbons (Fsp3) is 0.286. The van der Waals surface area contributed by atoms with Gasteiger partial charge in [-0.15, -0.1) is 0 Å². The van der Waals surface area contributed by atoms with E-state index in [2.05, 4.69) is 10.6 Å². The van der Waals surface area contributed by atoms with Gasteiger partial charge in [0.05, 0.1) is 12.8 Å². The minimum Gasteiger partial charge on any atom is -0.497 e. The highest BCUT2D eigenvalue weighted by Gasteiger charge is 2.27. The number of fused-ring (bicyclic) bond motifs is 1. The Hall–Kier alpha value is -2.64. The van der Waals surface area contributed by atoms with Gasteiger partial charge in [-0.2, -0.15) is 0 Å². The maximum absolute atomic E-state index is 12.3. The first-order valence-corrected chi connectivity index (χ1v) is 9.77. The molecule has 3 rings (SSSR count). The number of nitrogens with one attached hydrogen (secondary N) is 2. The van der Waals surface area contributed by atoms with Crippen molar-refractivity contribution < 1.29 is 14.3 Å². The lowest BCUT2D eigenvalue weighted by molar-refractivity contribution is 0.0520. The van der Waals surface area contributed by atoms with Gasteiger partial charge in [-0.25, -0.2) is 4.79 Å². The molecule has 2 aromatic rings. The van der Waals surface area contributed by atoms with E-state index in [1.807, 2.05) is 30.3 Å². The summed E-state index contributed by atoms with van der Waals surface area (Å²) in [5.41, 5.74) is 2.39. The van der Waals surface area contributed by atoms with E-state index in [-0.39, 0.29) is 0 Å². The summed E-state index contributed by atoms with van der Waals surface area (Å²) in [5.74, 6) is 0.677. The molecule has 1 heterocycles. The number of anilines is 1. The van der Waals surface area contributed by atoms with Crippen LogP contribution in [-0.2, 0) is 4.74 Å². The highest BCUT2D eigenvalue weighted by molar-refractivity contribution is 7.80. The topological polar surface area (TPSA) is 72.0 Å². The van der Waals surface area contributed by atoms with Gasteiger partial charge in [0.15, 0.2) is 6.17 Å². The van der Waals surface area contributed by atoms with E-state index in [1.165, 1.54) is 0 Å². The lowest BCUT2D eigenvalue weighted by atomic mass is 10.0. The second-order valence-corrected chi connectivity index (χ2v) is 8.31. The molecule has 2 N–H and O–H groups in total. The van der Waals surface area contributed by atoms with Crippen LogP contribution < -0.4 is 15.4 Å². The molecule has 2 aromatic carbocycles. The number of benzene rings is 2. The summed E-state index contributed by atoms with van der Waals surface area (Å²) in [6.07, 6.45) is -1.40. The van der Waals surface area contributed by atoms with Crippen LogP contribution >= 0.6 is 23.8 Å². The largest absolute Gasteiger partial charge is 0.497 e. The fourth-order valence-electron chi connectivity index (χ4n) is 2.77. The zero-order valence-corrected chi connectivity index (χ0v) is 18.1. The number of carbonyl (C=O) groups excluding carboxylic acids is 1. The van der Waals surface area contributed by atoms with Crippen LogP contribution in [0, 0.1) is 0 Å². The third-order valence-electron chi connectivity index (χ3n) is 4.02. The second-order valence-electron chi connectivity index (χ2n) is 7.43. The lowest BCUT2D eigenvalue weighted by Crippen LogP contribution is -2.43. The number of alkyl carbamates (subject to hydrolysis) is 1. The average Bonchev–Trinajstić information content (AvgIpc) is 2.77. The molecule has 8 heteroatoms. The van der Waals surface area contributed by atoms with Crippen molar-refractivity contribution in [1.29, 1.82) is 0 Å². The van der Waals surface area contributed by atoms with Gasteiger partial charge in [-0.1, -0.05) is 36.0 Å². The Balaban J connectivity index is 2.06. The molecule has 0 aliphatic carbocycles. The Bertz CT molecular complexity index is 968. The molecule has 0 saturated heterocycles. The lowest BCUT2D eigenvalue weighted by Gasteiger charge is -2.22. The number of rotatable bonds is 3. The molecule has 6 nitrogen and oxygen atoms in total. The molecule has 1 atom stereocenters. The quantitative estimate of drug-likeness (QED) is 0.683. The van der Waals surface area contributed by atoms with E-state index >= 15 is 0 Å². The van der Waals surface area contributed by atoms with Gasteiger partial charge in [0.25, 0.3) is 0 Å². The second kappa shape index (κ2) is 8.39. The molecule has 152 valence electrons. The first kappa shape index (κ1) is 21.1. The predicted octanol–water partition coefficient (Wildman–Crippen LogP) is 4.79. The van der Waals surface area contributed by atoms with Gasteiger partial charge in [0.2, 0.25) is 0 Å². The van der Waals surface area contributed by atoms with Crippen molar-refractivity contribution in [3.8, 4) is 5.75 Å². The van der Waals surface area contributed by atoms with Gasteiger partial charge < -0.3 is 14.8 Å². The first-order valence-electron chi connectivity index (χ1n) is 8.99. The van der Waals surface area contributed by atoms with E-state index in [9.17, 15) is 4.79 Å². The number of thiocarbonyl (C=S) groups is 1. The van der Waals surface area contributed by atoms with E-state index in [0.29, 0.717) is 21.5 Å². The van der Waals surface area contributed by atoms with Crippen molar-refractivity contribution in [3.63, 3.8) is 0 Å². The molecular formula is C21H22ClN3O3S.